The lowest BCUT2D eigenvalue weighted by Crippen LogP contribution is -2.41. The van der Waals surface area contributed by atoms with Crippen LogP contribution in [0.1, 0.15) is 32.1 Å². The summed E-state index contributed by atoms with van der Waals surface area (Å²) in [5, 5.41) is 9.18. The van der Waals surface area contributed by atoms with Gasteiger partial charge >= 0.3 is 5.97 Å². The normalized spacial score (nSPS) is 30.2. The van der Waals surface area contributed by atoms with E-state index in [-0.39, 0.29) is 12.0 Å². The molecule has 1 N–H and O–H groups in total. The second kappa shape index (κ2) is 5.83. The van der Waals surface area contributed by atoms with Gasteiger partial charge in [0, 0.05) is 19.1 Å². The Morgan fingerprint density at radius 2 is 2.00 bits per heavy atom. The van der Waals surface area contributed by atoms with Crippen molar-refractivity contribution in [3.8, 4) is 0 Å². The Morgan fingerprint density at radius 3 is 2.65 bits per heavy atom. The average molecular weight is 240 g/mol. The molecular weight excluding hydrogens is 216 g/mol. The van der Waals surface area contributed by atoms with E-state index in [9.17, 15) is 9.90 Å². The zero-order valence-electron chi connectivity index (χ0n) is 10.8. The number of likely N-dealkylation sites (tertiary alicyclic amines) is 1. The number of rotatable bonds is 5. The predicted octanol–water partition coefficient (Wildman–Crippen LogP) is 1.27. The van der Waals surface area contributed by atoms with Crippen molar-refractivity contribution in [3.63, 3.8) is 0 Å². The smallest absolute Gasteiger partial charge is 0.308 e. The van der Waals surface area contributed by atoms with Gasteiger partial charge in [-0.25, -0.2) is 0 Å². The second-order valence-corrected chi connectivity index (χ2v) is 5.47. The Bertz CT molecular complexity index is 264. The monoisotopic (exact) mass is 240 g/mol. The maximum absolute atomic E-state index is 11.1. The Kier molecular flexibility index (Phi) is 4.40. The first-order valence-corrected chi connectivity index (χ1v) is 6.84. The fourth-order valence-corrected chi connectivity index (χ4v) is 3.23. The lowest BCUT2D eigenvalue weighted by Gasteiger charge is -2.29. The van der Waals surface area contributed by atoms with E-state index in [1.165, 1.54) is 25.9 Å². The van der Waals surface area contributed by atoms with E-state index in [1.54, 1.807) is 0 Å². The van der Waals surface area contributed by atoms with E-state index in [0.717, 1.165) is 32.4 Å². The molecule has 2 aliphatic rings. The molecule has 0 aromatic rings. The lowest BCUT2D eigenvalue weighted by atomic mass is 10.0. The number of hydrogen-bond donors (Lipinski definition) is 1. The first-order chi connectivity index (χ1) is 8.18. The Balaban J connectivity index is 1.77. The molecule has 4 nitrogen and oxygen atoms in total. The van der Waals surface area contributed by atoms with Crippen molar-refractivity contribution in [3.05, 3.63) is 0 Å². The largest absolute Gasteiger partial charge is 0.481 e. The van der Waals surface area contributed by atoms with Crippen molar-refractivity contribution in [1.82, 2.24) is 9.80 Å². The third kappa shape index (κ3) is 3.19. The van der Waals surface area contributed by atoms with E-state index in [0.29, 0.717) is 0 Å². The van der Waals surface area contributed by atoms with Crippen molar-refractivity contribution < 1.29 is 9.90 Å². The van der Waals surface area contributed by atoms with Gasteiger partial charge in [0.15, 0.2) is 0 Å². The first kappa shape index (κ1) is 12.8. The number of carboxylic acid groups (broad SMARTS) is 1. The summed E-state index contributed by atoms with van der Waals surface area (Å²) >= 11 is 0. The van der Waals surface area contributed by atoms with Gasteiger partial charge in [0.1, 0.15) is 0 Å². The van der Waals surface area contributed by atoms with Gasteiger partial charge in [-0.2, -0.15) is 0 Å². The molecular formula is C13H24N2O2. The van der Waals surface area contributed by atoms with E-state index >= 15 is 0 Å². The van der Waals surface area contributed by atoms with Crippen molar-refractivity contribution in [2.45, 2.75) is 38.1 Å². The van der Waals surface area contributed by atoms with Crippen LogP contribution >= 0.6 is 0 Å². The van der Waals surface area contributed by atoms with Crippen LogP contribution in [0, 0.1) is 5.92 Å². The summed E-state index contributed by atoms with van der Waals surface area (Å²) in [6, 6.07) is 0.259. The molecule has 1 aliphatic carbocycles. The topological polar surface area (TPSA) is 43.8 Å². The number of aliphatic carboxylic acids is 1. The molecule has 0 amide bonds. The third-order valence-corrected chi connectivity index (χ3v) is 4.33. The van der Waals surface area contributed by atoms with Gasteiger partial charge in [-0.1, -0.05) is 6.42 Å². The highest BCUT2D eigenvalue weighted by Gasteiger charge is 2.35. The molecule has 1 heterocycles. The standard InChI is InChI=1S/C13H24N2O2/c1-14(9-10-15-7-2-3-8-15)12-6-4-5-11(12)13(16)17/h11-12H,2-10H2,1H3,(H,16,17). The van der Waals surface area contributed by atoms with Crippen molar-refractivity contribution in [1.29, 1.82) is 0 Å². The molecule has 0 bridgehead atoms. The van der Waals surface area contributed by atoms with Gasteiger partial charge in [-0.3, -0.25) is 4.79 Å². The molecule has 1 saturated carbocycles. The minimum atomic E-state index is -0.611. The SMILES string of the molecule is CN(CCN1CCCC1)C1CCCC1C(=O)O. The van der Waals surface area contributed by atoms with E-state index in [1.807, 2.05) is 0 Å². The van der Waals surface area contributed by atoms with Gasteiger partial charge in [-0.15, -0.1) is 0 Å². The fourth-order valence-electron chi connectivity index (χ4n) is 3.23. The van der Waals surface area contributed by atoms with Crippen LogP contribution < -0.4 is 0 Å². The fraction of sp³-hybridized carbons (Fsp3) is 0.923. The van der Waals surface area contributed by atoms with Crippen LogP contribution in [0.25, 0.3) is 0 Å². The van der Waals surface area contributed by atoms with Gasteiger partial charge in [0.25, 0.3) is 0 Å². The van der Waals surface area contributed by atoms with Crippen LogP contribution in [-0.2, 0) is 4.79 Å². The van der Waals surface area contributed by atoms with Crippen LogP contribution in [0.5, 0.6) is 0 Å². The molecule has 0 spiro atoms. The molecule has 4 heteroatoms. The molecule has 0 aromatic carbocycles. The molecule has 1 saturated heterocycles. The molecule has 2 atom stereocenters. The number of hydrogen-bond acceptors (Lipinski definition) is 3. The highest BCUT2D eigenvalue weighted by atomic mass is 16.4. The molecule has 1 aliphatic heterocycles. The molecule has 2 fully saturated rings. The summed E-state index contributed by atoms with van der Waals surface area (Å²) in [6.07, 6.45) is 5.62. The summed E-state index contributed by atoms with van der Waals surface area (Å²) < 4.78 is 0. The maximum Gasteiger partial charge on any atom is 0.308 e. The zero-order chi connectivity index (χ0) is 12.3. The molecule has 2 rings (SSSR count). The van der Waals surface area contributed by atoms with Gasteiger partial charge in [-0.05, 0) is 45.8 Å². The van der Waals surface area contributed by atoms with Crippen LogP contribution in [0.3, 0.4) is 0 Å². The molecule has 98 valence electrons. The molecule has 2 unspecified atom stereocenters. The van der Waals surface area contributed by atoms with E-state index in [2.05, 4.69) is 16.8 Å². The van der Waals surface area contributed by atoms with Crippen molar-refractivity contribution >= 4 is 5.97 Å². The number of likely N-dealkylation sites (N-methyl/N-ethyl adjacent to an activating group) is 1. The van der Waals surface area contributed by atoms with Crippen molar-refractivity contribution in [2.75, 3.05) is 33.2 Å². The number of nitrogens with zero attached hydrogens (tertiary/aromatic N) is 2. The average Bonchev–Trinajstić information content (AvgIpc) is 2.96. The van der Waals surface area contributed by atoms with Gasteiger partial charge in [0.05, 0.1) is 5.92 Å². The minimum Gasteiger partial charge on any atom is -0.481 e. The lowest BCUT2D eigenvalue weighted by molar-refractivity contribution is -0.143. The van der Waals surface area contributed by atoms with Crippen molar-refractivity contribution in [2.24, 2.45) is 5.92 Å². The predicted molar refractivity (Wildman–Crippen MR) is 67.1 cm³/mol. The summed E-state index contributed by atoms with van der Waals surface area (Å²) in [4.78, 5) is 15.9. The van der Waals surface area contributed by atoms with Crippen LogP contribution in [0.4, 0.5) is 0 Å². The summed E-state index contributed by atoms with van der Waals surface area (Å²) in [5.74, 6) is -0.751. The van der Waals surface area contributed by atoms with Crippen LogP contribution in [-0.4, -0.2) is 60.1 Å². The zero-order valence-corrected chi connectivity index (χ0v) is 10.8. The Labute approximate surface area is 104 Å². The third-order valence-electron chi connectivity index (χ3n) is 4.33. The first-order valence-electron chi connectivity index (χ1n) is 6.84. The summed E-state index contributed by atoms with van der Waals surface area (Å²) in [6.45, 7) is 4.55. The minimum absolute atomic E-state index is 0.140. The highest BCUT2D eigenvalue weighted by molar-refractivity contribution is 5.71. The van der Waals surface area contributed by atoms with Crippen LogP contribution in [0.2, 0.25) is 0 Å². The molecule has 0 radical (unpaired) electrons. The van der Waals surface area contributed by atoms with Gasteiger partial charge < -0.3 is 14.9 Å². The number of carboxylic acids is 1. The maximum atomic E-state index is 11.1. The molecule has 17 heavy (non-hydrogen) atoms. The van der Waals surface area contributed by atoms with E-state index in [4.69, 9.17) is 0 Å². The number of carbonyl (C=O) groups is 1. The summed E-state index contributed by atoms with van der Waals surface area (Å²) in [5.41, 5.74) is 0. The highest BCUT2D eigenvalue weighted by Crippen LogP contribution is 2.29. The quantitative estimate of drug-likeness (QED) is 0.786. The van der Waals surface area contributed by atoms with Gasteiger partial charge in [0.2, 0.25) is 0 Å². The summed E-state index contributed by atoms with van der Waals surface area (Å²) in [7, 11) is 2.09. The Hall–Kier alpha value is -0.610. The van der Waals surface area contributed by atoms with Crippen LogP contribution in [0.15, 0.2) is 0 Å². The molecule has 0 aromatic heterocycles. The second-order valence-electron chi connectivity index (χ2n) is 5.47. The Morgan fingerprint density at radius 1 is 1.29 bits per heavy atom. The van der Waals surface area contributed by atoms with E-state index < -0.39 is 5.97 Å².